The second kappa shape index (κ2) is 9.06. The van der Waals surface area contributed by atoms with Crippen molar-refractivity contribution in [2.45, 2.75) is 34.7 Å². The molecule has 0 unspecified atom stereocenters. The van der Waals surface area contributed by atoms with Crippen LogP contribution in [0.1, 0.15) is 26.3 Å². The van der Waals surface area contributed by atoms with Crippen LogP contribution in [-0.2, 0) is 4.79 Å². The Kier molecular flexibility index (Phi) is 7.09. The highest BCUT2D eigenvalue weighted by molar-refractivity contribution is 8.03. The fourth-order valence-electron chi connectivity index (χ4n) is 1.62. The maximum atomic E-state index is 12.2. The van der Waals surface area contributed by atoms with Gasteiger partial charge >= 0.3 is 0 Å². The molecule has 0 aliphatic carbocycles. The Morgan fingerprint density at radius 2 is 1.92 bits per heavy atom. The van der Waals surface area contributed by atoms with Gasteiger partial charge in [0.2, 0.25) is 5.91 Å². The van der Waals surface area contributed by atoms with E-state index in [0.717, 1.165) is 14.4 Å². The summed E-state index contributed by atoms with van der Waals surface area (Å²) in [6, 6.07) is 8.85. The molecule has 126 valence electrons. The third kappa shape index (κ3) is 5.82. The van der Waals surface area contributed by atoms with E-state index in [2.05, 4.69) is 29.4 Å². The number of aromatic nitrogens is 2. The minimum atomic E-state index is -0.281. The second-order valence-electron chi connectivity index (χ2n) is 5.48. The molecule has 8 heteroatoms. The number of nitriles is 1. The largest absolute Gasteiger partial charge is 0.325 e. The quantitative estimate of drug-likeness (QED) is 0.725. The second-order valence-corrected chi connectivity index (χ2v) is 9.31. The zero-order valence-corrected chi connectivity index (χ0v) is 16.1. The lowest BCUT2D eigenvalue weighted by Gasteiger charge is -2.10. The lowest BCUT2D eigenvalue weighted by Crippen LogP contribution is -2.22. The summed E-state index contributed by atoms with van der Waals surface area (Å²) < 4.78 is 1.73. The van der Waals surface area contributed by atoms with Gasteiger partial charge in [-0.25, -0.2) is 0 Å². The smallest absolute Gasteiger partial charge is 0.237 e. The number of nitrogens with one attached hydrogen (secondary N) is 1. The third-order valence-electron chi connectivity index (χ3n) is 2.86. The topological polar surface area (TPSA) is 78.7 Å². The minimum absolute atomic E-state index is 0.101. The molecule has 1 amide bonds. The molecule has 2 aromatic rings. The molecule has 1 aromatic heterocycles. The Hall–Kier alpha value is -1.56. The first-order valence-corrected chi connectivity index (χ1v) is 10.1. The van der Waals surface area contributed by atoms with Crippen molar-refractivity contribution >= 4 is 46.5 Å². The molecular formula is C16H18N4OS3. The SMILES string of the molecule is CC(C)CSc1nnc(S[C@H](C)C(=O)Nc2ccc(C#N)cc2)s1. The van der Waals surface area contributed by atoms with Gasteiger partial charge in [0.25, 0.3) is 0 Å². The number of nitrogens with zero attached hydrogens (tertiary/aromatic N) is 3. The molecule has 2 rings (SSSR count). The number of carbonyl (C=O) groups excluding carboxylic acids is 1. The van der Waals surface area contributed by atoms with Crippen LogP contribution >= 0.6 is 34.9 Å². The van der Waals surface area contributed by atoms with Gasteiger partial charge in [0.1, 0.15) is 0 Å². The van der Waals surface area contributed by atoms with E-state index in [9.17, 15) is 4.79 Å². The lowest BCUT2D eigenvalue weighted by molar-refractivity contribution is -0.115. The van der Waals surface area contributed by atoms with Gasteiger partial charge in [-0.05, 0) is 37.1 Å². The van der Waals surface area contributed by atoms with Gasteiger partial charge < -0.3 is 5.32 Å². The molecule has 0 saturated heterocycles. The number of hydrogen-bond donors (Lipinski definition) is 1. The summed E-state index contributed by atoms with van der Waals surface area (Å²) >= 11 is 4.62. The average molecular weight is 379 g/mol. The molecule has 1 N–H and O–H groups in total. The number of hydrogen-bond acceptors (Lipinski definition) is 7. The summed E-state index contributed by atoms with van der Waals surface area (Å²) in [6.07, 6.45) is 0. The number of benzene rings is 1. The highest BCUT2D eigenvalue weighted by atomic mass is 32.2. The Balaban J connectivity index is 1.88. The maximum absolute atomic E-state index is 12.2. The highest BCUT2D eigenvalue weighted by Gasteiger charge is 2.17. The van der Waals surface area contributed by atoms with Crippen LogP contribution in [-0.4, -0.2) is 27.1 Å². The molecule has 0 bridgehead atoms. The average Bonchev–Trinajstić information content (AvgIpc) is 3.01. The molecule has 0 spiro atoms. The standard InChI is InChI=1S/C16H18N4OS3/c1-10(2)9-22-15-19-20-16(24-15)23-11(3)14(21)18-13-6-4-12(8-17)5-7-13/h4-7,10-11H,9H2,1-3H3,(H,18,21)/t11-/m1/s1. The van der Waals surface area contributed by atoms with Crippen LogP contribution in [0.4, 0.5) is 5.69 Å². The van der Waals surface area contributed by atoms with Gasteiger partial charge in [-0.15, -0.1) is 10.2 Å². The number of amides is 1. The first-order valence-electron chi connectivity index (χ1n) is 7.42. The van der Waals surface area contributed by atoms with Gasteiger partial charge in [0.15, 0.2) is 8.68 Å². The zero-order chi connectivity index (χ0) is 17.5. The van der Waals surface area contributed by atoms with Crippen LogP contribution in [0.2, 0.25) is 0 Å². The third-order valence-corrected chi connectivity index (χ3v) is 6.52. The molecule has 5 nitrogen and oxygen atoms in total. The first-order chi connectivity index (χ1) is 11.5. The van der Waals surface area contributed by atoms with Gasteiger partial charge in [0, 0.05) is 11.4 Å². The first kappa shape index (κ1) is 18.8. The van der Waals surface area contributed by atoms with Crippen LogP contribution in [0.25, 0.3) is 0 Å². The predicted octanol–water partition coefficient (Wildman–Crippen LogP) is 4.28. The van der Waals surface area contributed by atoms with Crippen molar-refractivity contribution in [2.75, 3.05) is 11.1 Å². The van der Waals surface area contributed by atoms with Crippen molar-refractivity contribution < 1.29 is 4.79 Å². The van der Waals surface area contributed by atoms with E-state index in [-0.39, 0.29) is 11.2 Å². The minimum Gasteiger partial charge on any atom is -0.325 e. The van der Waals surface area contributed by atoms with E-state index < -0.39 is 0 Å². The Morgan fingerprint density at radius 3 is 2.54 bits per heavy atom. The molecule has 24 heavy (non-hydrogen) atoms. The van der Waals surface area contributed by atoms with E-state index in [0.29, 0.717) is 17.2 Å². The normalized spacial score (nSPS) is 12.0. The molecule has 1 heterocycles. The summed E-state index contributed by atoms with van der Waals surface area (Å²) in [5.41, 5.74) is 1.24. The summed E-state index contributed by atoms with van der Waals surface area (Å²) in [5.74, 6) is 1.51. The Labute approximate surface area is 154 Å². The van der Waals surface area contributed by atoms with Crippen molar-refractivity contribution in [2.24, 2.45) is 5.92 Å². The van der Waals surface area contributed by atoms with Gasteiger partial charge in [-0.2, -0.15) is 5.26 Å². The van der Waals surface area contributed by atoms with Crippen molar-refractivity contribution in [3.63, 3.8) is 0 Å². The number of carbonyl (C=O) groups is 1. The van der Waals surface area contributed by atoms with Crippen molar-refractivity contribution in [3.05, 3.63) is 29.8 Å². The van der Waals surface area contributed by atoms with E-state index in [4.69, 9.17) is 5.26 Å². The number of rotatable bonds is 7. The summed E-state index contributed by atoms with van der Waals surface area (Å²) in [5, 5.41) is 19.6. The van der Waals surface area contributed by atoms with Crippen LogP contribution in [0.5, 0.6) is 0 Å². The fraction of sp³-hybridized carbons (Fsp3) is 0.375. The monoisotopic (exact) mass is 378 g/mol. The van der Waals surface area contributed by atoms with Crippen LogP contribution in [0.3, 0.4) is 0 Å². The van der Waals surface area contributed by atoms with Crippen molar-refractivity contribution in [3.8, 4) is 6.07 Å². The molecule has 0 fully saturated rings. The zero-order valence-electron chi connectivity index (χ0n) is 13.6. The van der Waals surface area contributed by atoms with Crippen LogP contribution in [0, 0.1) is 17.2 Å². The molecule has 0 aliphatic rings. The molecule has 0 saturated carbocycles. The van der Waals surface area contributed by atoms with E-state index in [1.54, 1.807) is 36.0 Å². The summed E-state index contributed by atoms with van der Waals surface area (Å²) in [6.45, 7) is 6.17. The maximum Gasteiger partial charge on any atom is 0.237 e. The molecule has 1 atom stereocenters. The predicted molar refractivity (Wildman–Crippen MR) is 101 cm³/mol. The Bertz CT molecular complexity index is 722. The van der Waals surface area contributed by atoms with Crippen molar-refractivity contribution in [1.29, 1.82) is 5.26 Å². The van der Waals surface area contributed by atoms with Crippen LogP contribution < -0.4 is 5.32 Å². The van der Waals surface area contributed by atoms with E-state index >= 15 is 0 Å². The molecular weight excluding hydrogens is 360 g/mol. The van der Waals surface area contributed by atoms with Gasteiger partial charge in [-0.3, -0.25) is 4.79 Å². The van der Waals surface area contributed by atoms with E-state index in [1.807, 2.05) is 13.0 Å². The number of thioether (sulfide) groups is 2. The highest BCUT2D eigenvalue weighted by Crippen LogP contribution is 2.32. The van der Waals surface area contributed by atoms with Crippen LogP contribution in [0.15, 0.2) is 32.9 Å². The molecule has 1 aromatic carbocycles. The van der Waals surface area contributed by atoms with Crippen molar-refractivity contribution in [1.82, 2.24) is 10.2 Å². The lowest BCUT2D eigenvalue weighted by atomic mass is 10.2. The number of anilines is 1. The summed E-state index contributed by atoms with van der Waals surface area (Å²) in [7, 11) is 0. The summed E-state index contributed by atoms with van der Waals surface area (Å²) in [4.78, 5) is 12.2. The Morgan fingerprint density at radius 1 is 1.25 bits per heavy atom. The van der Waals surface area contributed by atoms with Gasteiger partial charge in [0.05, 0.1) is 16.9 Å². The van der Waals surface area contributed by atoms with E-state index in [1.165, 1.54) is 23.1 Å². The molecule has 0 aliphatic heterocycles. The molecule has 0 radical (unpaired) electrons. The van der Waals surface area contributed by atoms with Gasteiger partial charge in [-0.1, -0.05) is 48.7 Å². The fourth-order valence-corrected chi connectivity index (χ4v) is 4.76.